The van der Waals surface area contributed by atoms with Crippen molar-refractivity contribution in [2.75, 3.05) is 6.61 Å². The lowest BCUT2D eigenvalue weighted by Gasteiger charge is -2.31. The van der Waals surface area contributed by atoms with Gasteiger partial charge in [-0.2, -0.15) is 0 Å². The van der Waals surface area contributed by atoms with E-state index in [2.05, 4.69) is 24.3 Å². The van der Waals surface area contributed by atoms with Crippen molar-refractivity contribution in [1.82, 2.24) is 0 Å². The monoisotopic (exact) mass is 232 g/mol. The van der Waals surface area contributed by atoms with Crippen LogP contribution in [-0.2, 0) is 22.5 Å². The minimum absolute atomic E-state index is 0.424. The average molecular weight is 232 g/mol. The van der Waals surface area contributed by atoms with Gasteiger partial charge in [0, 0.05) is 6.61 Å². The molecule has 3 rings (SSSR count). The number of fused-ring (bicyclic) bond motifs is 3. The first-order chi connectivity index (χ1) is 8.42. The highest BCUT2D eigenvalue weighted by Crippen LogP contribution is 2.26. The van der Waals surface area contributed by atoms with Gasteiger partial charge in [-0.15, -0.1) is 0 Å². The van der Waals surface area contributed by atoms with Crippen molar-refractivity contribution < 1.29 is 9.47 Å². The molecule has 0 N–H and O–H groups in total. The zero-order valence-electron chi connectivity index (χ0n) is 10.2. The quantitative estimate of drug-likeness (QED) is 0.684. The van der Waals surface area contributed by atoms with E-state index in [4.69, 9.17) is 9.47 Å². The fourth-order valence-corrected chi connectivity index (χ4v) is 2.88. The zero-order valence-corrected chi connectivity index (χ0v) is 10.2. The highest BCUT2D eigenvalue weighted by Gasteiger charge is 2.24. The first-order valence-electron chi connectivity index (χ1n) is 6.72. The molecule has 2 heteroatoms. The second-order valence-electron chi connectivity index (χ2n) is 5.13. The number of hydrogen-bond acceptors (Lipinski definition) is 2. The molecule has 2 atom stereocenters. The summed E-state index contributed by atoms with van der Waals surface area (Å²) in [5, 5.41) is 0. The SMILES string of the molecule is c1ccc2c(c1)COCCC1CCCC(C2)O1. The Hall–Kier alpha value is -0.860. The molecule has 0 saturated carbocycles. The Morgan fingerprint density at radius 2 is 1.76 bits per heavy atom. The van der Waals surface area contributed by atoms with E-state index in [0.29, 0.717) is 12.2 Å². The molecule has 92 valence electrons. The van der Waals surface area contributed by atoms with Gasteiger partial charge in [0.05, 0.1) is 18.8 Å². The summed E-state index contributed by atoms with van der Waals surface area (Å²) in [6, 6.07) is 8.61. The maximum absolute atomic E-state index is 6.14. The van der Waals surface area contributed by atoms with E-state index in [0.717, 1.165) is 26.1 Å². The van der Waals surface area contributed by atoms with Gasteiger partial charge in [-0.05, 0) is 43.2 Å². The van der Waals surface area contributed by atoms with Gasteiger partial charge in [-0.3, -0.25) is 0 Å². The van der Waals surface area contributed by atoms with Gasteiger partial charge in [0.25, 0.3) is 0 Å². The molecule has 1 saturated heterocycles. The first kappa shape index (κ1) is 11.2. The molecule has 2 nitrogen and oxygen atoms in total. The van der Waals surface area contributed by atoms with Crippen molar-refractivity contribution in [3.63, 3.8) is 0 Å². The van der Waals surface area contributed by atoms with E-state index in [1.165, 1.54) is 30.4 Å². The van der Waals surface area contributed by atoms with Gasteiger partial charge in [0.1, 0.15) is 0 Å². The molecule has 2 bridgehead atoms. The molecule has 1 aromatic carbocycles. The standard InChI is InChI=1S/C15H20O2/c1-2-5-13-11-16-9-8-14-6-3-7-15(17-14)10-12(13)4-1/h1-2,4-5,14-15H,3,6-11H2. The first-order valence-corrected chi connectivity index (χ1v) is 6.72. The van der Waals surface area contributed by atoms with Crippen LogP contribution >= 0.6 is 0 Å². The van der Waals surface area contributed by atoms with Crippen molar-refractivity contribution in [3.05, 3.63) is 35.4 Å². The van der Waals surface area contributed by atoms with E-state index < -0.39 is 0 Å². The lowest BCUT2D eigenvalue weighted by atomic mass is 9.95. The highest BCUT2D eigenvalue weighted by atomic mass is 16.5. The van der Waals surface area contributed by atoms with Crippen LogP contribution in [0.2, 0.25) is 0 Å². The molecule has 1 fully saturated rings. The van der Waals surface area contributed by atoms with Crippen LogP contribution in [0.25, 0.3) is 0 Å². The Kier molecular flexibility index (Phi) is 3.44. The Morgan fingerprint density at radius 1 is 0.941 bits per heavy atom. The highest BCUT2D eigenvalue weighted by molar-refractivity contribution is 5.27. The van der Waals surface area contributed by atoms with E-state index in [1.807, 2.05) is 0 Å². The molecule has 17 heavy (non-hydrogen) atoms. The topological polar surface area (TPSA) is 18.5 Å². The summed E-state index contributed by atoms with van der Waals surface area (Å²) in [6.07, 6.45) is 6.69. The Morgan fingerprint density at radius 3 is 2.71 bits per heavy atom. The van der Waals surface area contributed by atoms with Gasteiger partial charge in [0.2, 0.25) is 0 Å². The molecule has 2 heterocycles. The van der Waals surface area contributed by atoms with Gasteiger partial charge >= 0.3 is 0 Å². The largest absolute Gasteiger partial charge is 0.377 e. The van der Waals surface area contributed by atoms with Crippen molar-refractivity contribution >= 4 is 0 Å². The van der Waals surface area contributed by atoms with Crippen LogP contribution in [0.5, 0.6) is 0 Å². The molecule has 0 aromatic heterocycles. The number of benzene rings is 1. The lowest BCUT2D eigenvalue weighted by molar-refractivity contribution is -0.0655. The molecule has 0 spiro atoms. The predicted octanol–water partition coefficient (Wildman–Crippen LogP) is 3.09. The molecular weight excluding hydrogens is 212 g/mol. The minimum atomic E-state index is 0.424. The molecule has 0 amide bonds. The van der Waals surface area contributed by atoms with Crippen molar-refractivity contribution in [1.29, 1.82) is 0 Å². The lowest BCUT2D eigenvalue weighted by Crippen LogP contribution is -2.31. The minimum Gasteiger partial charge on any atom is -0.377 e. The normalized spacial score (nSPS) is 29.4. The predicted molar refractivity (Wildman–Crippen MR) is 66.9 cm³/mol. The molecular formula is C15H20O2. The van der Waals surface area contributed by atoms with Crippen LogP contribution in [0.1, 0.15) is 36.8 Å². The average Bonchev–Trinajstić information content (AvgIpc) is 2.36. The van der Waals surface area contributed by atoms with Crippen LogP contribution < -0.4 is 0 Å². The van der Waals surface area contributed by atoms with Gasteiger partial charge in [-0.1, -0.05) is 24.3 Å². The fraction of sp³-hybridized carbons (Fsp3) is 0.600. The summed E-state index contributed by atoms with van der Waals surface area (Å²) >= 11 is 0. The van der Waals surface area contributed by atoms with Gasteiger partial charge < -0.3 is 9.47 Å². The van der Waals surface area contributed by atoms with Crippen molar-refractivity contribution in [3.8, 4) is 0 Å². The number of hydrogen-bond donors (Lipinski definition) is 0. The fourth-order valence-electron chi connectivity index (χ4n) is 2.88. The van der Waals surface area contributed by atoms with E-state index in [9.17, 15) is 0 Å². The maximum atomic E-state index is 6.14. The third-order valence-corrected chi connectivity index (χ3v) is 3.84. The van der Waals surface area contributed by atoms with Crippen LogP contribution in [0.15, 0.2) is 24.3 Å². The second-order valence-corrected chi connectivity index (χ2v) is 5.13. The third kappa shape index (κ3) is 2.70. The summed E-state index contributed by atoms with van der Waals surface area (Å²) < 4.78 is 11.9. The van der Waals surface area contributed by atoms with E-state index in [1.54, 1.807) is 0 Å². The van der Waals surface area contributed by atoms with Crippen molar-refractivity contribution in [2.45, 2.75) is 50.9 Å². The number of rotatable bonds is 0. The molecule has 2 aliphatic rings. The molecule has 2 unspecified atom stereocenters. The van der Waals surface area contributed by atoms with Gasteiger partial charge in [-0.25, -0.2) is 0 Å². The summed E-state index contributed by atoms with van der Waals surface area (Å²) in [5.74, 6) is 0. The molecule has 0 radical (unpaired) electrons. The molecule has 2 aliphatic heterocycles. The Labute approximate surface area is 103 Å². The zero-order chi connectivity index (χ0) is 11.5. The van der Waals surface area contributed by atoms with Crippen LogP contribution in [0, 0.1) is 0 Å². The third-order valence-electron chi connectivity index (χ3n) is 3.84. The summed E-state index contributed by atoms with van der Waals surface area (Å²) in [4.78, 5) is 0. The van der Waals surface area contributed by atoms with Crippen LogP contribution in [0.3, 0.4) is 0 Å². The second kappa shape index (κ2) is 5.19. The number of ether oxygens (including phenoxy) is 2. The van der Waals surface area contributed by atoms with Crippen LogP contribution in [0.4, 0.5) is 0 Å². The molecule has 0 aliphatic carbocycles. The van der Waals surface area contributed by atoms with Crippen molar-refractivity contribution in [2.24, 2.45) is 0 Å². The summed E-state index contributed by atoms with van der Waals surface area (Å²) in [7, 11) is 0. The van der Waals surface area contributed by atoms with E-state index in [-0.39, 0.29) is 0 Å². The Bertz CT molecular complexity index is 375. The summed E-state index contributed by atoms with van der Waals surface area (Å²) in [5.41, 5.74) is 2.74. The smallest absolute Gasteiger partial charge is 0.0719 e. The maximum Gasteiger partial charge on any atom is 0.0719 e. The van der Waals surface area contributed by atoms with E-state index >= 15 is 0 Å². The summed E-state index contributed by atoms with van der Waals surface area (Å²) in [6.45, 7) is 1.58. The molecule has 1 aromatic rings. The van der Waals surface area contributed by atoms with Gasteiger partial charge in [0.15, 0.2) is 0 Å². The van der Waals surface area contributed by atoms with Crippen LogP contribution in [-0.4, -0.2) is 18.8 Å². The Balaban J connectivity index is 1.82.